The van der Waals surface area contributed by atoms with E-state index in [9.17, 15) is 9.59 Å². The van der Waals surface area contributed by atoms with Gasteiger partial charge in [-0.25, -0.2) is 0 Å². The Balaban J connectivity index is 1.28. The number of aromatic nitrogens is 2. The van der Waals surface area contributed by atoms with E-state index in [4.69, 9.17) is 0 Å². The van der Waals surface area contributed by atoms with Gasteiger partial charge in [0.05, 0.1) is 17.8 Å². The van der Waals surface area contributed by atoms with Crippen LogP contribution in [0.2, 0.25) is 0 Å². The second-order valence-electron chi connectivity index (χ2n) is 10.2. The van der Waals surface area contributed by atoms with Crippen LogP contribution < -0.4 is 10.6 Å². The molecule has 2 aromatic carbocycles. The highest BCUT2D eigenvalue weighted by atomic mass is 16.2. The van der Waals surface area contributed by atoms with Crippen LogP contribution in [0, 0.1) is 12.8 Å². The Kier molecular flexibility index (Phi) is 6.86. The van der Waals surface area contributed by atoms with Crippen LogP contribution in [0.4, 0.5) is 0 Å². The monoisotopic (exact) mass is 473 g/mol. The van der Waals surface area contributed by atoms with Crippen molar-refractivity contribution in [2.24, 2.45) is 13.0 Å². The Morgan fingerprint density at radius 3 is 2.69 bits per heavy atom. The summed E-state index contributed by atoms with van der Waals surface area (Å²) in [5.41, 5.74) is 4.59. The highest BCUT2D eigenvalue weighted by Gasteiger charge is 2.41. The maximum atomic E-state index is 13.5. The normalized spacial score (nSPS) is 22.5. The van der Waals surface area contributed by atoms with Crippen molar-refractivity contribution < 1.29 is 9.59 Å². The number of carbonyl (C=O) groups excluding carboxylic acids is 2. The van der Waals surface area contributed by atoms with Crippen LogP contribution in [0.3, 0.4) is 0 Å². The number of benzene rings is 2. The SMILES string of the molecule is Cc1ccc(CC2C[C@@H](C(=O)NCc3ccc4c(cnn4C)c3)N(C(=O)[C@H]3CCCCN3)C2)cc1. The molecule has 35 heavy (non-hydrogen) atoms. The lowest BCUT2D eigenvalue weighted by Gasteiger charge is -2.30. The van der Waals surface area contributed by atoms with E-state index >= 15 is 0 Å². The largest absolute Gasteiger partial charge is 0.350 e. The van der Waals surface area contributed by atoms with E-state index in [1.54, 1.807) is 0 Å². The van der Waals surface area contributed by atoms with Crippen molar-refractivity contribution in [1.29, 1.82) is 0 Å². The van der Waals surface area contributed by atoms with Gasteiger partial charge in [0.15, 0.2) is 0 Å². The molecule has 2 aliphatic heterocycles. The van der Waals surface area contributed by atoms with Crippen molar-refractivity contribution in [2.45, 2.75) is 57.7 Å². The summed E-state index contributed by atoms with van der Waals surface area (Å²) in [5.74, 6) is 0.285. The van der Waals surface area contributed by atoms with Crippen LogP contribution in [-0.2, 0) is 29.6 Å². The predicted molar refractivity (Wildman–Crippen MR) is 137 cm³/mol. The second-order valence-corrected chi connectivity index (χ2v) is 10.2. The Labute approximate surface area is 206 Å². The van der Waals surface area contributed by atoms with Crippen molar-refractivity contribution in [3.63, 3.8) is 0 Å². The van der Waals surface area contributed by atoms with Gasteiger partial charge in [0.1, 0.15) is 6.04 Å². The number of piperidine rings is 1. The van der Waals surface area contributed by atoms with Gasteiger partial charge in [-0.1, -0.05) is 42.3 Å². The number of hydrogen-bond acceptors (Lipinski definition) is 4. The molecule has 3 atom stereocenters. The average molecular weight is 474 g/mol. The number of fused-ring (bicyclic) bond motifs is 1. The molecule has 2 amide bonds. The molecule has 184 valence electrons. The van der Waals surface area contributed by atoms with E-state index < -0.39 is 6.04 Å². The van der Waals surface area contributed by atoms with Crippen molar-refractivity contribution >= 4 is 22.7 Å². The fourth-order valence-corrected chi connectivity index (χ4v) is 5.51. The summed E-state index contributed by atoms with van der Waals surface area (Å²) in [4.78, 5) is 28.7. The molecule has 0 saturated carbocycles. The van der Waals surface area contributed by atoms with E-state index in [1.165, 1.54) is 11.1 Å². The summed E-state index contributed by atoms with van der Waals surface area (Å²) < 4.78 is 1.84. The van der Waals surface area contributed by atoms with Gasteiger partial charge in [-0.3, -0.25) is 14.3 Å². The van der Waals surface area contributed by atoms with E-state index in [-0.39, 0.29) is 23.8 Å². The molecule has 5 rings (SSSR count). The molecular weight excluding hydrogens is 438 g/mol. The standard InChI is InChI=1S/C28H35N5O2/c1-19-6-8-20(9-7-19)13-22-15-26(33(18-22)28(35)24-5-3-4-12-29-24)27(34)30-16-21-10-11-25-23(14-21)17-31-32(25)2/h6-11,14,17,22,24,26,29H,3-5,12-13,15-16,18H2,1-2H3,(H,30,34)/t22?,24-,26+/m1/s1. The first-order valence-electron chi connectivity index (χ1n) is 12.8. The first-order valence-corrected chi connectivity index (χ1v) is 12.8. The quantitative estimate of drug-likeness (QED) is 0.577. The van der Waals surface area contributed by atoms with Gasteiger partial charge in [0, 0.05) is 25.5 Å². The summed E-state index contributed by atoms with van der Waals surface area (Å²) in [6, 6.07) is 14.1. The molecule has 3 aromatic rings. The number of nitrogens with one attached hydrogen (secondary N) is 2. The van der Waals surface area contributed by atoms with Crippen LogP contribution >= 0.6 is 0 Å². The number of amides is 2. The third-order valence-corrected chi connectivity index (χ3v) is 7.50. The first-order chi connectivity index (χ1) is 17.0. The smallest absolute Gasteiger partial charge is 0.243 e. The second kappa shape index (κ2) is 10.2. The topological polar surface area (TPSA) is 79.3 Å². The number of nitrogens with zero attached hydrogens (tertiary/aromatic N) is 3. The van der Waals surface area contributed by atoms with Gasteiger partial charge in [-0.05, 0) is 68.3 Å². The Bertz CT molecular complexity index is 1200. The van der Waals surface area contributed by atoms with Gasteiger partial charge in [0.2, 0.25) is 11.8 Å². The van der Waals surface area contributed by atoms with Crippen molar-refractivity contribution in [2.75, 3.05) is 13.1 Å². The maximum Gasteiger partial charge on any atom is 0.243 e. The van der Waals surface area contributed by atoms with Crippen LogP contribution in [0.5, 0.6) is 0 Å². The molecule has 0 aliphatic carbocycles. The molecule has 0 radical (unpaired) electrons. The summed E-state index contributed by atoms with van der Waals surface area (Å²) in [6.07, 6.45) is 6.41. The third-order valence-electron chi connectivity index (χ3n) is 7.50. The maximum absolute atomic E-state index is 13.5. The van der Waals surface area contributed by atoms with E-state index in [0.717, 1.165) is 48.7 Å². The number of aryl methyl sites for hydroxylation is 2. The lowest BCUT2D eigenvalue weighted by atomic mass is 9.96. The van der Waals surface area contributed by atoms with Crippen molar-refractivity contribution in [1.82, 2.24) is 25.3 Å². The molecule has 2 saturated heterocycles. The third kappa shape index (κ3) is 5.25. The highest BCUT2D eigenvalue weighted by molar-refractivity contribution is 5.90. The molecule has 1 unspecified atom stereocenters. The van der Waals surface area contributed by atoms with Gasteiger partial charge in [-0.15, -0.1) is 0 Å². The Morgan fingerprint density at radius 2 is 1.91 bits per heavy atom. The lowest BCUT2D eigenvalue weighted by Crippen LogP contribution is -2.53. The Hall–Kier alpha value is -3.19. The van der Waals surface area contributed by atoms with Crippen molar-refractivity contribution in [3.05, 3.63) is 65.4 Å². The minimum atomic E-state index is -0.427. The molecule has 2 N–H and O–H groups in total. The summed E-state index contributed by atoms with van der Waals surface area (Å²) in [6.45, 7) is 4.02. The fraction of sp³-hybridized carbons (Fsp3) is 0.464. The summed E-state index contributed by atoms with van der Waals surface area (Å²) >= 11 is 0. The molecule has 7 heteroatoms. The molecule has 0 spiro atoms. The van der Waals surface area contributed by atoms with Crippen LogP contribution in [0.15, 0.2) is 48.7 Å². The number of hydrogen-bond donors (Lipinski definition) is 2. The van der Waals surface area contributed by atoms with Crippen LogP contribution in [0.1, 0.15) is 42.4 Å². The molecular formula is C28H35N5O2. The van der Waals surface area contributed by atoms with Gasteiger partial charge < -0.3 is 15.5 Å². The molecule has 1 aromatic heterocycles. The van der Waals surface area contributed by atoms with Crippen LogP contribution in [-0.4, -0.2) is 51.7 Å². The van der Waals surface area contributed by atoms with Gasteiger partial charge >= 0.3 is 0 Å². The molecule has 0 bridgehead atoms. The minimum Gasteiger partial charge on any atom is -0.350 e. The van der Waals surface area contributed by atoms with Gasteiger partial charge in [0.25, 0.3) is 0 Å². The number of likely N-dealkylation sites (tertiary alicyclic amines) is 1. The highest BCUT2D eigenvalue weighted by Crippen LogP contribution is 2.28. The zero-order valence-electron chi connectivity index (χ0n) is 20.7. The molecule has 2 fully saturated rings. The minimum absolute atomic E-state index is 0.0631. The summed E-state index contributed by atoms with van der Waals surface area (Å²) in [7, 11) is 1.92. The fourth-order valence-electron chi connectivity index (χ4n) is 5.51. The van der Waals surface area contributed by atoms with Crippen LogP contribution in [0.25, 0.3) is 10.9 Å². The number of rotatable bonds is 6. The van der Waals surface area contributed by atoms with E-state index in [0.29, 0.717) is 19.5 Å². The average Bonchev–Trinajstić information content (AvgIpc) is 3.47. The first kappa shape index (κ1) is 23.5. The zero-order chi connectivity index (χ0) is 24.4. The molecule has 3 heterocycles. The van der Waals surface area contributed by atoms with Gasteiger partial charge in [-0.2, -0.15) is 5.10 Å². The molecule has 7 nitrogen and oxygen atoms in total. The van der Waals surface area contributed by atoms with E-state index in [2.05, 4.69) is 53.0 Å². The lowest BCUT2D eigenvalue weighted by molar-refractivity contribution is -0.140. The van der Waals surface area contributed by atoms with E-state index in [1.807, 2.05) is 35.0 Å². The summed E-state index contributed by atoms with van der Waals surface area (Å²) in [5, 5.41) is 11.8. The van der Waals surface area contributed by atoms with Crippen molar-refractivity contribution in [3.8, 4) is 0 Å². The predicted octanol–water partition coefficient (Wildman–Crippen LogP) is 3.10. The number of carbonyl (C=O) groups is 2. The zero-order valence-corrected chi connectivity index (χ0v) is 20.7. The Morgan fingerprint density at radius 1 is 1.11 bits per heavy atom. The molecule has 2 aliphatic rings.